The van der Waals surface area contributed by atoms with Crippen molar-refractivity contribution in [3.05, 3.63) is 77.1 Å². The lowest BCUT2D eigenvalue weighted by molar-refractivity contribution is -0.124. The first-order valence-corrected chi connectivity index (χ1v) is 13.2. The van der Waals surface area contributed by atoms with Gasteiger partial charge in [0, 0.05) is 38.4 Å². The first-order valence-electron chi connectivity index (χ1n) is 13.2. The number of likely N-dealkylation sites (tertiary alicyclic amines) is 1. The molecule has 2 aliphatic rings. The highest BCUT2D eigenvalue weighted by Gasteiger charge is 2.34. The molecule has 2 atom stereocenters. The van der Waals surface area contributed by atoms with Gasteiger partial charge in [-0.05, 0) is 61.7 Å². The summed E-state index contributed by atoms with van der Waals surface area (Å²) >= 11 is 0. The van der Waals surface area contributed by atoms with E-state index in [1.165, 1.54) is 4.90 Å². The second-order valence-corrected chi connectivity index (χ2v) is 10.0. The van der Waals surface area contributed by atoms with Gasteiger partial charge in [-0.15, -0.1) is 0 Å². The Bertz CT molecular complexity index is 1390. The summed E-state index contributed by atoms with van der Waals surface area (Å²) in [6, 6.07) is 14.1. The molecule has 1 aromatic heterocycles. The molecule has 0 radical (unpaired) electrons. The number of hydrogen-bond donors (Lipinski definition) is 1. The average Bonchev–Trinajstić information content (AvgIpc) is 3.42. The van der Waals surface area contributed by atoms with Crippen LogP contribution >= 0.6 is 0 Å². The molecule has 4 bridgehead atoms. The SMILES string of the molecule is CCn1ccc(C(=O)N2CC[C@H]3OCc4cccc(c4)Oc4cc(ccc4C)C(=O)N(C)CC(=O)N[C@H]3C2)n1. The number of carbonyl (C=O) groups excluding carboxylic acids is 3. The number of fused-ring (bicyclic) bond motifs is 5. The van der Waals surface area contributed by atoms with E-state index in [1.54, 1.807) is 41.0 Å². The largest absolute Gasteiger partial charge is 0.457 e. The fraction of sp³-hybridized carbons (Fsp3) is 0.379. The smallest absolute Gasteiger partial charge is 0.274 e. The van der Waals surface area contributed by atoms with Crippen molar-refractivity contribution in [2.24, 2.45) is 0 Å². The molecular weight excluding hydrogens is 498 g/mol. The number of rotatable bonds is 2. The van der Waals surface area contributed by atoms with E-state index in [-0.39, 0.29) is 36.9 Å². The summed E-state index contributed by atoms with van der Waals surface area (Å²) in [4.78, 5) is 42.5. The summed E-state index contributed by atoms with van der Waals surface area (Å²) < 4.78 is 14.1. The van der Waals surface area contributed by atoms with Crippen molar-refractivity contribution in [1.29, 1.82) is 0 Å². The molecular formula is C29H33N5O5. The minimum atomic E-state index is -0.453. The topological polar surface area (TPSA) is 106 Å². The van der Waals surface area contributed by atoms with Crippen LogP contribution in [0.25, 0.3) is 0 Å². The van der Waals surface area contributed by atoms with Crippen molar-refractivity contribution in [3.8, 4) is 11.5 Å². The number of carbonyl (C=O) groups is 3. The molecule has 1 saturated heterocycles. The number of amides is 3. The third-order valence-electron chi connectivity index (χ3n) is 7.12. The average molecular weight is 532 g/mol. The summed E-state index contributed by atoms with van der Waals surface area (Å²) in [6.07, 6.45) is 2.00. The van der Waals surface area contributed by atoms with Gasteiger partial charge in [-0.1, -0.05) is 18.2 Å². The van der Waals surface area contributed by atoms with Crippen LogP contribution in [0.2, 0.25) is 0 Å². The van der Waals surface area contributed by atoms with Crippen LogP contribution in [0.4, 0.5) is 0 Å². The van der Waals surface area contributed by atoms with Crippen molar-refractivity contribution in [2.75, 3.05) is 26.7 Å². The van der Waals surface area contributed by atoms with Crippen LogP contribution in [-0.4, -0.2) is 76.1 Å². The third-order valence-corrected chi connectivity index (χ3v) is 7.12. The highest BCUT2D eigenvalue weighted by atomic mass is 16.5. The number of aryl methyl sites for hydroxylation is 2. The van der Waals surface area contributed by atoms with Gasteiger partial charge in [0.15, 0.2) is 0 Å². The normalized spacial score (nSPS) is 20.2. The van der Waals surface area contributed by atoms with E-state index in [4.69, 9.17) is 9.47 Å². The predicted molar refractivity (Wildman–Crippen MR) is 144 cm³/mol. The van der Waals surface area contributed by atoms with Gasteiger partial charge in [0.05, 0.1) is 25.3 Å². The highest BCUT2D eigenvalue weighted by molar-refractivity contribution is 5.97. The minimum Gasteiger partial charge on any atom is -0.457 e. The maximum absolute atomic E-state index is 13.2. The van der Waals surface area contributed by atoms with Crippen molar-refractivity contribution < 1.29 is 23.9 Å². The first kappa shape index (κ1) is 26.4. The Morgan fingerprint density at radius 2 is 2.00 bits per heavy atom. The van der Waals surface area contributed by atoms with E-state index in [1.807, 2.05) is 44.2 Å². The van der Waals surface area contributed by atoms with Crippen molar-refractivity contribution >= 4 is 17.7 Å². The standard InChI is InChI=1S/C29H33N5O5/c1-4-34-13-10-23(31-34)29(37)33-12-11-25-24(16-33)30-27(35)17-32(3)28(36)21-9-8-19(2)26(15-21)39-22-7-5-6-20(14-22)18-38-25/h5-10,13-15,24-25H,4,11-12,16-18H2,1-3H3,(H,30,35)/t24-,25+/m0/s1. The molecule has 3 amide bonds. The Morgan fingerprint density at radius 3 is 2.79 bits per heavy atom. The highest BCUT2D eigenvalue weighted by Crippen LogP contribution is 2.28. The van der Waals surface area contributed by atoms with Gasteiger partial charge >= 0.3 is 0 Å². The van der Waals surface area contributed by atoms with Crippen molar-refractivity contribution in [3.63, 3.8) is 0 Å². The molecule has 1 N–H and O–H groups in total. The van der Waals surface area contributed by atoms with Crippen LogP contribution in [0.1, 0.15) is 45.3 Å². The van der Waals surface area contributed by atoms with E-state index >= 15 is 0 Å². The predicted octanol–water partition coefficient (Wildman–Crippen LogP) is 3.01. The van der Waals surface area contributed by atoms with E-state index in [0.717, 1.165) is 11.1 Å². The van der Waals surface area contributed by atoms with Gasteiger partial charge in [-0.25, -0.2) is 0 Å². The maximum Gasteiger partial charge on any atom is 0.274 e. The molecule has 10 heteroatoms. The van der Waals surface area contributed by atoms with E-state index in [0.29, 0.717) is 48.9 Å². The molecule has 3 aromatic rings. The van der Waals surface area contributed by atoms with Crippen LogP contribution in [0.3, 0.4) is 0 Å². The second-order valence-electron chi connectivity index (χ2n) is 10.0. The van der Waals surface area contributed by atoms with Crippen LogP contribution in [0.5, 0.6) is 11.5 Å². The number of nitrogens with zero attached hydrogens (tertiary/aromatic N) is 4. The zero-order valence-corrected chi connectivity index (χ0v) is 22.4. The number of benzene rings is 2. The van der Waals surface area contributed by atoms with E-state index < -0.39 is 6.04 Å². The van der Waals surface area contributed by atoms with Crippen molar-refractivity contribution in [2.45, 2.75) is 45.6 Å². The van der Waals surface area contributed by atoms with Gasteiger partial charge < -0.3 is 24.6 Å². The number of aromatic nitrogens is 2. The van der Waals surface area contributed by atoms with Crippen LogP contribution in [0, 0.1) is 6.92 Å². The molecule has 1 fully saturated rings. The monoisotopic (exact) mass is 531 g/mol. The number of nitrogens with one attached hydrogen (secondary N) is 1. The Morgan fingerprint density at radius 1 is 1.15 bits per heavy atom. The first-order chi connectivity index (χ1) is 18.8. The third kappa shape index (κ3) is 5.96. The lowest BCUT2D eigenvalue weighted by Gasteiger charge is -2.38. The summed E-state index contributed by atoms with van der Waals surface area (Å²) in [5, 5.41) is 7.37. The molecule has 0 unspecified atom stereocenters. The number of likely N-dealkylation sites (N-methyl/N-ethyl adjacent to an activating group) is 1. The number of ether oxygens (including phenoxy) is 2. The van der Waals surface area contributed by atoms with E-state index in [9.17, 15) is 14.4 Å². The fourth-order valence-electron chi connectivity index (χ4n) is 4.90. The molecule has 5 rings (SSSR count). The molecule has 3 heterocycles. The van der Waals surface area contributed by atoms with Gasteiger partial charge in [-0.2, -0.15) is 5.10 Å². The summed E-state index contributed by atoms with van der Waals surface area (Å²) in [7, 11) is 1.59. The lowest BCUT2D eigenvalue weighted by Crippen LogP contribution is -2.58. The summed E-state index contributed by atoms with van der Waals surface area (Å²) in [6.45, 7) is 5.48. The molecule has 2 aliphatic heterocycles. The Hall–Kier alpha value is -4.18. The fourth-order valence-corrected chi connectivity index (χ4v) is 4.90. The quantitative estimate of drug-likeness (QED) is 0.545. The molecule has 0 spiro atoms. The molecule has 0 saturated carbocycles. The Balaban J connectivity index is 1.40. The van der Waals surface area contributed by atoms with Gasteiger partial charge in [0.2, 0.25) is 5.91 Å². The lowest BCUT2D eigenvalue weighted by atomic mass is 10.0. The number of piperidine rings is 1. The van der Waals surface area contributed by atoms with Crippen LogP contribution < -0.4 is 10.1 Å². The molecule has 0 aliphatic carbocycles. The van der Waals surface area contributed by atoms with Crippen LogP contribution in [0.15, 0.2) is 54.7 Å². The summed E-state index contributed by atoms with van der Waals surface area (Å²) in [5.74, 6) is 0.405. The molecule has 10 nitrogen and oxygen atoms in total. The van der Waals surface area contributed by atoms with Gasteiger partial charge in [0.25, 0.3) is 11.8 Å². The maximum atomic E-state index is 13.2. The Labute approximate surface area is 227 Å². The van der Waals surface area contributed by atoms with Crippen LogP contribution in [-0.2, 0) is 22.7 Å². The molecule has 39 heavy (non-hydrogen) atoms. The van der Waals surface area contributed by atoms with Gasteiger partial charge in [0.1, 0.15) is 17.2 Å². The summed E-state index contributed by atoms with van der Waals surface area (Å²) in [5.41, 5.74) is 2.60. The second kappa shape index (κ2) is 11.3. The molecule has 204 valence electrons. The number of hydrogen-bond acceptors (Lipinski definition) is 6. The molecule has 2 aromatic carbocycles. The van der Waals surface area contributed by atoms with Crippen molar-refractivity contribution in [1.82, 2.24) is 24.9 Å². The zero-order valence-electron chi connectivity index (χ0n) is 22.4. The minimum absolute atomic E-state index is 0.139. The Kier molecular flexibility index (Phi) is 7.65. The van der Waals surface area contributed by atoms with E-state index in [2.05, 4.69) is 10.4 Å². The zero-order chi connectivity index (χ0) is 27.5. The van der Waals surface area contributed by atoms with Gasteiger partial charge in [-0.3, -0.25) is 19.1 Å².